The molecule has 0 N–H and O–H groups in total. The molecular formula is C11H10BrCl. The highest BCUT2D eigenvalue weighted by Crippen LogP contribution is 2.31. The Morgan fingerprint density at radius 2 is 2.08 bits per heavy atom. The third kappa shape index (κ3) is 2.27. The van der Waals surface area contributed by atoms with Crippen LogP contribution in [0.25, 0.3) is 0 Å². The zero-order valence-corrected chi connectivity index (χ0v) is 9.91. The molecule has 68 valence electrons. The van der Waals surface area contributed by atoms with Crippen LogP contribution in [-0.2, 0) is 5.41 Å². The molecule has 0 nitrogen and oxygen atoms in total. The van der Waals surface area contributed by atoms with Gasteiger partial charge in [-0.3, -0.25) is 0 Å². The van der Waals surface area contributed by atoms with E-state index in [0.29, 0.717) is 5.02 Å². The van der Waals surface area contributed by atoms with Crippen molar-refractivity contribution >= 4 is 27.5 Å². The van der Waals surface area contributed by atoms with Gasteiger partial charge >= 0.3 is 0 Å². The van der Waals surface area contributed by atoms with E-state index >= 15 is 0 Å². The number of halogens is 2. The van der Waals surface area contributed by atoms with E-state index in [1.165, 1.54) is 0 Å². The molecule has 0 aliphatic rings. The lowest BCUT2D eigenvalue weighted by Crippen LogP contribution is -2.14. The summed E-state index contributed by atoms with van der Waals surface area (Å²) in [5, 5.41) is 0.712. The third-order valence-corrected chi connectivity index (χ3v) is 2.86. The van der Waals surface area contributed by atoms with E-state index in [4.69, 9.17) is 18.0 Å². The maximum atomic E-state index is 5.83. The van der Waals surface area contributed by atoms with Gasteiger partial charge in [-0.2, -0.15) is 0 Å². The molecular weight excluding hydrogens is 247 g/mol. The van der Waals surface area contributed by atoms with Crippen molar-refractivity contribution in [1.29, 1.82) is 0 Å². The molecule has 0 aromatic heterocycles. The number of rotatable bonds is 1. The molecule has 0 spiro atoms. The van der Waals surface area contributed by atoms with E-state index in [1.807, 2.05) is 32.0 Å². The van der Waals surface area contributed by atoms with E-state index in [2.05, 4.69) is 21.9 Å². The van der Waals surface area contributed by atoms with E-state index in [0.717, 1.165) is 10.0 Å². The molecule has 1 rings (SSSR count). The Balaban J connectivity index is 3.26. The van der Waals surface area contributed by atoms with E-state index in [9.17, 15) is 0 Å². The summed E-state index contributed by atoms with van der Waals surface area (Å²) < 4.78 is 0.961. The summed E-state index contributed by atoms with van der Waals surface area (Å²) in [7, 11) is 0. The van der Waals surface area contributed by atoms with Gasteiger partial charge in [-0.25, -0.2) is 0 Å². The first kappa shape index (κ1) is 10.6. The largest absolute Gasteiger partial charge is 0.119 e. The summed E-state index contributed by atoms with van der Waals surface area (Å²) in [6.07, 6.45) is 5.44. The van der Waals surface area contributed by atoms with Crippen molar-refractivity contribution in [2.75, 3.05) is 0 Å². The lowest BCUT2D eigenvalue weighted by molar-refractivity contribution is 0.695. The van der Waals surface area contributed by atoms with Crippen LogP contribution in [0.4, 0.5) is 0 Å². The molecule has 0 radical (unpaired) electrons. The molecule has 0 unspecified atom stereocenters. The van der Waals surface area contributed by atoms with Gasteiger partial charge in [0.15, 0.2) is 0 Å². The van der Waals surface area contributed by atoms with Gasteiger partial charge in [0.05, 0.1) is 5.41 Å². The van der Waals surface area contributed by atoms with E-state index < -0.39 is 0 Å². The molecule has 0 atom stereocenters. The molecule has 13 heavy (non-hydrogen) atoms. The number of terminal acetylenes is 1. The number of hydrogen-bond acceptors (Lipinski definition) is 0. The minimum atomic E-state index is -0.260. The van der Waals surface area contributed by atoms with Crippen molar-refractivity contribution in [2.45, 2.75) is 19.3 Å². The van der Waals surface area contributed by atoms with Crippen LogP contribution in [0.1, 0.15) is 19.4 Å². The fourth-order valence-corrected chi connectivity index (χ4v) is 2.25. The molecule has 0 saturated heterocycles. The first-order chi connectivity index (χ1) is 5.97. The second-order valence-corrected chi connectivity index (χ2v) is 4.68. The van der Waals surface area contributed by atoms with Gasteiger partial charge in [-0.05, 0) is 31.5 Å². The molecule has 1 aromatic carbocycles. The van der Waals surface area contributed by atoms with Gasteiger partial charge < -0.3 is 0 Å². The zero-order chi connectivity index (χ0) is 10.1. The first-order valence-corrected chi connectivity index (χ1v) is 5.08. The highest BCUT2D eigenvalue weighted by molar-refractivity contribution is 9.10. The smallest absolute Gasteiger partial charge is 0.0515 e. The summed E-state index contributed by atoms with van der Waals surface area (Å²) in [5.74, 6) is 2.74. The second kappa shape index (κ2) is 3.74. The lowest BCUT2D eigenvalue weighted by Gasteiger charge is -2.19. The van der Waals surface area contributed by atoms with Crippen molar-refractivity contribution in [2.24, 2.45) is 0 Å². The average molecular weight is 258 g/mol. The molecule has 0 bridgehead atoms. The van der Waals surface area contributed by atoms with E-state index in [1.54, 1.807) is 0 Å². The molecule has 0 aliphatic carbocycles. The van der Waals surface area contributed by atoms with Crippen LogP contribution in [0.5, 0.6) is 0 Å². The van der Waals surface area contributed by atoms with Crippen molar-refractivity contribution in [3.05, 3.63) is 33.3 Å². The summed E-state index contributed by atoms with van der Waals surface area (Å²) in [4.78, 5) is 0. The van der Waals surface area contributed by atoms with Crippen LogP contribution >= 0.6 is 27.5 Å². The first-order valence-electron chi connectivity index (χ1n) is 3.90. The maximum absolute atomic E-state index is 5.83. The van der Waals surface area contributed by atoms with Crippen molar-refractivity contribution in [3.8, 4) is 12.3 Å². The van der Waals surface area contributed by atoms with E-state index in [-0.39, 0.29) is 5.41 Å². The van der Waals surface area contributed by atoms with Gasteiger partial charge in [0.1, 0.15) is 0 Å². The van der Waals surface area contributed by atoms with Crippen molar-refractivity contribution in [1.82, 2.24) is 0 Å². The van der Waals surface area contributed by atoms with Gasteiger partial charge in [0.2, 0.25) is 0 Å². The Bertz CT molecular complexity index is 361. The van der Waals surface area contributed by atoms with Crippen molar-refractivity contribution < 1.29 is 0 Å². The Kier molecular flexibility index (Phi) is 3.05. The van der Waals surface area contributed by atoms with Crippen molar-refractivity contribution in [3.63, 3.8) is 0 Å². The van der Waals surface area contributed by atoms with Crippen LogP contribution in [0, 0.1) is 12.3 Å². The molecule has 0 saturated carbocycles. The van der Waals surface area contributed by atoms with Crippen LogP contribution < -0.4 is 0 Å². The Labute approximate surface area is 92.4 Å². The minimum absolute atomic E-state index is 0.260. The van der Waals surface area contributed by atoms with Gasteiger partial charge in [-0.1, -0.05) is 39.5 Å². The van der Waals surface area contributed by atoms with Crippen LogP contribution in [-0.4, -0.2) is 0 Å². The zero-order valence-electron chi connectivity index (χ0n) is 7.57. The molecule has 0 heterocycles. The second-order valence-electron chi connectivity index (χ2n) is 3.39. The predicted octanol–water partition coefficient (Wildman–Crippen LogP) is 4.01. The SMILES string of the molecule is C#CC(C)(C)c1ccc(Cl)cc1Br. The standard InChI is InChI=1S/C11H10BrCl/c1-4-11(2,3)9-6-5-8(13)7-10(9)12/h1,5-7H,2-3H3. The topological polar surface area (TPSA) is 0 Å². The molecule has 0 amide bonds. The minimum Gasteiger partial charge on any atom is -0.119 e. The fourth-order valence-electron chi connectivity index (χ4n) is 1.07. The maximum Gasteiger partial charge on any atom is 0.0515 e. The average Bonchev–Trinajstić information content (AvgIpc) is 2.03. The highest BCUT2D eigenvalue weighted by Gasteiger charge is 2.19. The predicted molar refractivity (Wildman–Crippen MR) is 61.0 cm³/mol. The summed E-state index contributed by atoms with van der Waals surface area (Å²) in [6.45, 7) is 4.00. The fraction of sp³-hybridized carbons (Fsp3) is 0.273. The molecule has 0 aliphatic heterocycles. The molecule has 2 heteroatoms. The van der Waals surface area contributed by atoms with Gasteiger partial charge in [0.25, 0.3) is 0 Å². The van der Waals surface area contributed by atoms with Gasteiger partial charge in [-0.15, -0.1) is 6.42 Å². The Hall–Kier alpha value is -0.450. The normalized spacial score (nSPS) is 11.0. The summed E-state index contributed by atoms with van der Waals surface area (Å²) in [6, 6.07) is 5.66. The van der Waals surface area contributed by atoms with Gasteiger partial charge in [0, 0.05) is 9.50 Å². The summed E-state index contributed by atoms with van der Waals surface area (Å²) in [5.41, 5.74) is 0.822. The van der Waals surface area contributed by atoms with Crippen LogP contribution in [0.2, 0.25) is 5.02 Å². The Morgan fingerprint density at radius 3 is 2.54 bits per heavy atom. The summed E-state index contributed by atoms with van der Waals surface area (Å²) >= 11 is 9.27. The third-order valence-electron chi connectivity index (χ3n) is 1.97. The quantitative estimate of drug-likeness (QED) is 0.667. The monoisotopic (exact) mass is 256 g/mol. The number of benzene rings is 1. The van der Waals surface area contributed by atoms with Crippen LogP contribution in [0.15, 0.2) is 22.7 Å². The lowest BCUT2D eigenvalue weighted by atomic mass is 9.86. The van der Waals surface area contributed by atoms with Crippen LogP contribution in [0.3, 0.4) is 0 Å². The highest BCUT2D eigenvalue weighted by atomic mass is 79.9. The molecule has 0 fully saturated rings. The Morgan fingerprint density at radius 1 is 1.46 bits per heavy atom. The number of hydrogen-bond donors (Lipinski definition) is 0. The molecule has 1 aromatic rings.